The van der Waals surface area contributed by atoms with Gasteiger partial charge in [-0.2, -0.15) is 13.2 Å². The number of ether oxygens (including phenoxy) is 1. The van der Waals surface area contributed by atoms with Gasteiger partial charge in [-0.1, -0.05) is 0 Å². The van der Waals surface area contributed by atoms with Crippen LogP contribution in [0.3, 0.4) is 0 Å². The van der Waals surface area contributed by atoms with Gasteiger partial charge >= 0.3 is 12.1 Å². The number of hydrogen-bond acceptors (Lipinski definition) is 4. The van der Waals surface area contributed by atoms with Crippen LogP contribution in [0.15, 0.2) is 12.1 Å². The Bertz CT molecular complexity index is 703. The molecule has 0 spiro atoms. The molecule has 0 saturated carbocycles. The van der Waals surface area contributed by atoms with Crippen LogP contribution < -0.4 is 4.90 Å². The van der Waals surface area contributed by atoms with Crippen LogP contribution in [-0.2, 0) is 10.9 Å². The first-order valence-corrected chi connectivity index (χ1v) is 9.72. The van der Waals surface area contributed by atoms with Crippen molar-refractivity contribution in [3.63, 3.8) is 0 Å². The zero-order valence-corrected chi connectivity index (χ0v) is 17.6. The number of anilines is 1. The quantitative estimate of drug-likeness (QED) is 0.674. The molecule has 0 bridgehead atoms. The first-order chi connectivity index (χ1) is 12.9. The fourth-order valence-corrected chi connectivity index (χ4v) is 3.96. The van der Waals surface area contributed by atoms with E-state index >= 15 is 0 Å². The summed E-state index contributed by atoms with van der Waals surface area (Å²) in [6, 6.07) is 2.19. The highest BCUT2D eigenvalue weighted by Crippen LogP contribution is 2.37. The molecule has 1 aromatic rings. The number of esters is 1. The molecule has 1 fully saturated rings. The van der Waals surface area contributed by atoms with Crippen molar-refractivity contribution < 1.29 is 22.7 Å². The Morgan fingerprint density at radius 1 is 1.21 bits per heavy atom. The lowest BCUT2D eigenvalue weighted by Gasteiger charge is -2.44. The normalized spacial score (nSPS) is 16.9. The third kappa shape index (κ3) is 4.80. The minimum atomic E-state index is -4.53. The van der Waals surface area contributed by atoms with Crippen LogP contribution in [0, 0.1) is 6.92 Å². The smallest absolute Gasteiger partial charge is 0.416 e. The highest BCUT2D eigenvalue weighted by molar-refractivity contribution is 5.93. The first-order valence-electron chi connectivity index (χ1n) is 9.72. The summed E-state index contributed by atoms with van der Waals surface area (Å²) in [4.78, 5) is 16.5. The monoisotopic (exact) mass is 400 g/mol. The Labute approximate surface area is 165 Å². The van der Waals surface area contributed by atoms with Gasteiger partial charge in [0, 0.05) is 36.9 Å². The number of rotatable bonds is 4. The Morgan fingerprint density at radius 2 is 1.79 bits per heavy atom. The standard InChI is InChI=1S/C21H31F3N2O2/c1-7-26(16-8-10-25(11-9-16)20(3,4)5)18-13-15(21(22,23)24)12-17(14(18)2)19(27)28-6/h12-13,16H,7-11H2,1-6H3. The Kier molecular flexibility index (Phi) is 6.69. The molecule has 28 heavy (non-hydrogen) atoms. The van der Waals surface area contributed by atoms with Crippen LogP contribution in [0.1, 0.15) is 62.0 Å². The van der Waals surface area contributed by atoms with E-state index in [-0.39, 0.29) is 17.1 Å². The number of halogens is 3. The Balaban J connectivity index is 2.42. The fraction of sp³-hybridized carbons (Fsp3) is 0.667. The fourth-order valence-electron chi connectivity index (χ4n) is 3.96. The van der Waals surface area contributed by atoms with Crippen molar-refractivity contribution in [2.24, 2.45) is 0 Å². The van der Waals surface area contributed by atoms with E-state index in [4.69, 9.17) is 4.74 Å². The number of methoxy groups -OCH3 is 1. The van der Waals surface area contributed by atoms with Gasteiger partial charge in [-0.3, -0.25) is 4.90 Å². The van der Waals surface area contributed by atoms with E-state index in [9.17, 15) is 18.0 Å². The second kappa shape index (κ2) is 8.31. The summed E-state index contributed by atoms with van der Waals surface area (Å²) in [7, 11) is 1.18. The number of benzene rings is 1. The van der Waals surface area contributed by atoms with Crippen molar-refractivity contribution in [1.82, 2.24) is 4.90 Å². The molecule has 1 aliphatic heterocycles. The number of carbonyl (C=O) groups is 1. The minimum Gasteiger partial charge on any atom is -0.465 e. The zero-order chi connectivity index (χ0) is 21.3. The van der Waals surface area contributed by atoms with Crippen LogP contribution in [-0.4, -0.2) is 49.2 Å². The van der Waals surface area contributed by atoms with Gasteiger partial charge < -0.3 is 9.64 Å². The number of likely N-dealkylation sites (tertiary alicyclic amines) is 1. The molecule has 1 aliphatic rings. The average molecular weight is 400 g/mol. The van der Waals surface area contributed by atoms with Gasteiger partial charge in [-0.15, -0.1) is 0 Å². The average Bonchev–Trinajstić information content (AvgIpc) is 2.61. The molecular formula is C21H31F3N2O2. The van der Waals surface area contributed by atoms with E-state index in [0.29, 0.717) is 17.8 Å². The maximum Gasteiger partial charge on any atom is 0.416 e. The molecular weight excluding hydrogens is 369 g/mol. The third-order valence-electron chi connectivity index (χ3n) is 5.62. The first kappa shape index (κ1) is 22.5. The van der Waals surface area contributed by atoms with E-state index < -0.39 is 17.7 Å². The van der Waals surface area contributed by atoms with Crippen LogP contribution in [0.2, 0.25) is 0 Å². The topological polar surface area (TPSA) is 32.8 Å². The number of carbonyl (C=O) groups excluding carboxylic acids is 1. The second-order valence-corrected chi connectivity index (χ2v) is 8.33. The van der Waals surface area contributed by atoms with Gasteiger partial charge in [-0.05, 0) is 65.2 Å². The molecule has 4 nitrogen and oxygen atoms in total. The van der Waals surface area contributed by atoms with Crippen molar-refractivity contribution in [3.8, 4) is 0 Å². The van der Waals surface area contributed by atoms with Crippen molar-refractivity contribution in [3.05, 3.63) is 28.8 Å². The van der Waals surface area contributed by atoms with Crippen LogP contribution >= 0.6 is 0 Å². The van der Waals surface area contributed by atoms with Gasteiger partial charge in [0.25, 0.3) is 0 Å². The summed E-state index contributed by atoms with van der Waals surface area (Å²) >= 11 is 0. The number of hydrogen-bond donors (Lipinski definition) is 0. The number of alkyl halides is 3. The molecule has 1 heterocycles. The van der Waals surface area contributed by atoms with Crippen LogP contribution in [0.4, 0.5) is 18.9 Å². The van der Waals surface area contributed by atoms with E-state index in [0.717, 1.165) is 32.0 Å². The second-order valence-electron chi connectivity index (χ2n) is 8.33. The van der Waals surface area contributed by atoms with Crippen molar-refractivity contribution >= 4 is 11.7 Å². The lowest BCUT2D eigenvalue weighted by atomic mass is 9.95. The van der Waals surface area contributed by atoms with Crippen molar-refractivity contribution in [1.29, 1.82) is 0 Å². The minimum absolute atomic E-state index is 0.0297. The van der Waals surface area contributed by atoms with Gasteiger partial charge in [0.05, 0.1) is 18.2 Å². The number of nitrogens with zero attached hydrogens (tertiary/aromatic N) is 2. The molecule has 0 unspecified atom stereocenters. The molecule has 1 saturated heterocycles. The summed E-state index contributed by atoms with van der Waals surface area (Å²) in [6.45, 7) is 12.5. The SMILES string of the molecule is CCN(c1cc(C(F)(F)F)cc(C(=O)OC)c1C)C1CCN(C(C)(C)C)CC1. The molecule has 0 N–H and O–H groups in total. The summed E-state index contributed by atoms with van der Waals surface area (Å²) in [5.74, 6) is -0.747. The van der Waals surface area contributed by atoms with Crippen LogP contribution in [0.5, 0.6) is 0 Å². The predicted octanol–water partition coefficient (Wildman–Crippen LogP) is 4.89. The van der Waals surface area contributed by atoms with Gasteiger partial charge in [-0.25, -0.2) is 4.79 Å². The molecule has 0 aliphatic carbocycles. The summed E-state index contributed by atoms with van der Waals surface area (Å²) in [5, 5.41) is 0. The predicted molar refractivity (Wildman–Crippen MR) is 105 cm³/mol. The molecule has 158 valence electrons. The molecule has 0 amide bonds. The molecule has 2 rings (SSSR count). The molecule has 7 heteroatoms. The molecule has 1 aromatic carbocycles. The van der Waals surface area contributed by atoms with Crippen molar-refractivity contribution in [2.45, 2.75) is 65.2 Å². The van der Waals surface area contributed by atoms with Crippen molar-refractivity contribution in [2.75, 3.05) is 31.6 Å². The zero-order valence-electron chi connectivity index (χ0n) is 17.6. The number of piperidine rings is 1. The largest absolute Gasteiger partial charge is 0.465 e. The maximum absolute atomic E-state index is 13.5. The maximum atomic E-state index is 13.5. The van der Waals surface area contributed by atoms with Gasteiger partial charge in [0.15, 0.2) is 0 Å². The van der Waals surface area contributed by atoms with E-state index in [2.05, 4.69) is 25.7 Å². The lowest BCUT2D eigenvalue weighted by Crippen LogP contribution is -2.51. The molecule has 0 aromatic heterocycles. The lowest BCUT2D eigenvalue weighted by molar-refractivity contribution is -0.137. The highest BCUT2D eigenvalue weighted by Gasteiger charge is 2.35. The Morgan fingerprint density at radius 3 is 2.21 bits per heavy atom. The summed E-state index contributed by atoms with van der Waals surface area (Å²) in [6.07, 6.45) is -2.79. The summed E-state index contributed by atoms with van der Waals surface area (Å²) < 4.78 is 45.1. The third-order valence-corrected chi connectivity index (χ3v) is 5.62. The molecule has 0 atom stereocenters. The van der Waals surface area contributed by atoms with E-state index in [1.54, 1.807) is 6.92 Å². The highest BCUT2D eigenvalue weighted by atomic mass is 19.4. The summed E-state index contributed by atoms with van der Waals surface area (Å²) in [5.41, 5.74) is 0.218. The van der Waals surface area contributed by atoms with E-state index in [1.165, 1.54) is 13.2 Å². The Hall–Kier alpha value is -1.76. The van der Waals surface area contributed by atoms with Crippen LogP contribution in [0.25, 0.3) is 0 Å². The van der Waals surface area contributed by atoms with Gasteiger partial charge in [0.2, 0.25) is 0 Å². The van der Waals surface area contributed by atoms with Gasteiger partial charge in [0.1, 0.15) is 0 Å². The van der Waals surface area contributed by atoms with E-state index in [1.807, 2.05) is 11.8 Å². The molecule has 0 radical (unpaired) electrons.